The molecule has 0 saturated carbocycles. The number of carbonyl (C=O) groups excluding carboxylic acids is 1. The van der Waals surface area contributed by atoms with E-state index < -0.39 is 16.9 Å². The van der Waals surface area contributed by atoms with Crippen LogP contribution >= 0.6 is 27.3 Å². The monoisotopic (exact) mass is 663 g/mol. The summed E-state index contributed by atoms with van der Waals surface area (Å²) in [5.41, 5.74) is 1.38. The predicted molar refractivity (Wildman–Crippen MR) is 166 cm³/mol. The maximum Gasteiger partial charge on any atom is 0.338 e. The van der Waals surface area contributed by atoms with Crippen LogP contribution in [0.4, 0.5) is 5.69 Å². The summed E-state index contributed by atoms with van der Waals surface area (Å²) in [6.45, 7) is 3.48. The Morgan fingerprint density at radius 2 is 1.91 bits per heavy atom. The maximum atomic E-state index is 13.5. The van der Waals surface area contributed by atoms with Gasteiger partial charge in [0.05, 0.1) is 40.4 Å². The van der Waals surface area contributed by atoms with Gasteiger partial charge in [-0.2, -0.15) is 0 Å². The Morgan fingerprint density at radius 1 is 1.14 bits per heavy atom. The summed E-state index contributed by atoms with van der Waals surface area (Å²) in [5.74, 6) is -0.340. The van der Waals surface area contributed by atoms with Crippen molar-refractivity contribution in [3.63, 3.8) is 0 Å². The third-order valence-corrected chi connectivity index (χ3v) is 8.20. The number of nitrogens with zero attached hydrogens (tertiary/aromatic N) is 3. The van der Waals surface area contributed by atoms with Crippen molar-refractivity contribution in [2.75, 3.05) is 13.7 Å². The molecule has 0 spiro atoms. The largest absolute Gasteiger partial charge is 0.493 e. The van der Waals surface area contributed by atoms with E-state index in [1.54, 1.807) is 19.9 Å². The number of allylic oxidation sites excluding steroid dienone is 1. The summed E-state index contributed by atoms with van der Waals surface area (Å²) in [4.78, 5) is 43.7. The van der Waals surface area contributed by atoms with Crippen LogP contribution in [0.2, 0.25) is 0 Å². The topological polar surface area (TPSA) is 122 Å². The number of methoxy groups -OCH3 is 1. The van der Waals surface area contributed by atoms with Gasteiger partial charge in [-0.1, -0.05) is 69.7 Å². The average Bonchev–Trinajstić information content (AvgIpc) is 3.30. The molecule has 0 aliphatic carbocycles. The summed E-state index contributed by atoms with van der Waals surface area (Å²) in [7, 11) is 1.42. The number of aromatic nitrogens is 1. The number of nitro groups is 1. The molecule has 12 heteroatoms. The van der Waals surface area contributed by atoms with Crippen molar-refractivity contribution in [2.45, 2.75) is 26.5 Å². The molecule has 0 bridgehead atoms. The van der Waals surface area contributed by atoms with Gasteiger partial charge in [0.2, 0.25) is 0 Å². The number of halogens is 1. The Labute approximate surface area is 258 Å². The number of rotatable bonds is 9. The second kappa shape index (κ2) is 12.8. The molecular formula is C31H26BrN3O7S. The molecule has 4 aromatic rings. The second-order valence-corrected chi connectivity index (χ2v) is 11.4. The van der Waals surface area contributed by atoms with E-state index in [1.165, 1.54) is 23.8 Å². The lowest BCUT2D eigenvalue weighted by Gasteiger charge is -2.23. The molecule has 1 aliphatic heterocycles. The smallest absolute Gasteiger partial charge is 0.338 e. The van der Waals surface area contributed by atoms with Crippen molar-refractivity contribution < 1.29 is 23.9 Å². The predicted octanol–water partition coefficient (Wildman–Crippen LogP) is 5.17. The van der Waals surface area contributed by atoms with Crippen LogP contribution in [-0.4, -0.2) is 29.2 Å². The van der Waals surface area contributed by atoms with Crippen LogP contribution in [0, 0.1) is 10.1 Å². The van der Waals surface area contributed by atoms with Gasteiger partial charge < -0.3 is 14.2 Å². The molecule has 43 heavy (non-hydrogen) atoms. The Kier molecular flexibility index (Phi) is 8.88. The number of carbonyl (C=O) groups is 1. The fourth-order valence-electron chi connectivity index (χ4n) is 4.74. The fraction of sp³-hybridized carbons (Fsp3) is 0.194. The van der Waals surface area contributed by atoms with E-state index in [0.29, 0.717) is 9.33 Å². The molecule has 10 nitrogen and oxygen atoms in total. The molecule has 0 saturated heterocycles. The normalized spacial score (nSPS) is 14.6. The number of hydrogen-bond donors (Lipinski definition) is 0. The number of hydrogen-bond acceptors (Lipinski definition) is 9. The first kappa shape index (κ1) is 29.9. The van der Waals surface area contributed by atoms with Crippen molar-refractivity contribution in [1.29, 1.82) is 0 Å². The van der Waals surface area contributed by atoms with Crippen LogP contribution in [0.3, 0.4) is 0 Å². The molecule has 5 rings (SSSR count). The highest BCUT2D eigenvalue weighted by Crippen LogP contribution is 2.43. The molecule has 1 aromatic heterocycles. The average molecular weight is 665 g/mol. The van der Waals surface area contributed by atoms with Crippen LogP contribution in [0.5, 0.6) is 11.5 Å². The zero-order valence-electron chi connectivity index (χ0n) is 23.4. The van der Waals surface area contributed by atoms with Crippen LogP contribution < -0.4 is 24.4 Å². The summed E-state index contributed by atoms with van der Waals surface area (Å²) < 4.78 is 19.4. The standard InChI is InChI=1S/C31H26BrN3O7S/c1-4-41-30(37)27-18(2)34-29(36)26(14-20-11-8-12-21(32)13-20)43-31(34)33-28(27)22-15-24(40-3)25(16-23(22)35(38)39)42-17-19-9-6-5-7-10-19/h5-16,28H,4,17H2,1-3H3/b26-14-/t28-/m0/s1. The number of esters is 1. The molecule has 3 aromatic carbocycles. The van der Waals surface area contributed by atoms with Crippen molar-refractivity contribution in [1.82, 2.24) is 4.57 Å². The van der Waals surface area contributed by atoms with E-state index in [1.807, 2.05) is 54.6 Å². The van der Waals surface area contributed by atoms with Gasteiger partial charge in [-0.25, -0.2) is 9.79 Å². The second-order valence-electron chi connectivity index (χ2n) is 9.43. The number of thiazole rings is 1. The van der Waals surface area contributed by atoms with Gasteiger partial charge in [-0.3, -0.25) is 19.5 Å². The van der Waals surface area contributed by atoms with E-state index >= 15 is 0 Å². The van der Waals surface area contributed by atoms with Crippen LogP contribution in [0.25, 0.3) is 11.8 Å². The number of fused-ring (bicyclic) bond motifs is 1. The zero-order valence-corrected chi connectivity index (χ0v) is 25.8. The molecule has 0 radical (unpaired) electrons. The highest BCUT2D eigenvalue weighted by Gasteiger charge is 2.36. The summed E-state index contributed by atoms with van der Waals surface area (Å²) in [5, 5.41) is 12.4. The fourth-order valence-corrected chi connectivity index (χ4v) is 6.20. The van der Waals surface area contributed by atoms with E-state index in [4.69, 9.17) is 19.2 Å². The van der Waals surface area contributed by atoms with Crippen molar-refractivity contribution in [3.05, 3.63) is 123 Å². The molecule has 2 heterocycles. The van der Waals surface area contributed by atoms with Gasteiger partial charge in [0.25, 0.3) is 11.2 Å². The lowest BCUT2D eigenvalue weighted by molar-refractivity contribution is -0.385. The summed E-state index contributed by atoms with van der Waals surface area (Å²) in [6, 6.07) is 18.4. The van der Waals surface area contributed by atoms with Gasteiger partial charge in [-0.15, -0.1) is 0 Å². The zero-order chi connectivity index (χ0) is 30.7. The molecule has 0 fully saturated rings. The molecule has 0 amide bonds. The van der Waals surface area contributed by atoms with E-state index in [9.17, 15) is 19.7 Å². The first-order valence-corrected chi connectivity index (χ1v) is 14.8. The van der Waals surface area contributed by atoms with Crippen molar-refractivity contribution in [2.24, 2.45) is 4.99 Å². The van der Waals surface area contributed by atoms with E-state index in [2.05, 4.69) is 15.9 Å². The SMILES string of the molecule is CCOC(=O)C1=C(C)n2c(s/c(=C\c3cccc(Br)c3)c2=O)=N[C@H]1c1cc(OC)c(OCc2ccccc2)cc1[N+](=O)[O-]. The molecular weight excluding hydrogens is 638 g/mol. The number of ether oxygens (including phenoxy) is 3. The van der Waals surface area contributed by atoms with Crippen molar-refractivity contribution in [3.8, 4) is 11.5 Å². The molecule has 0 unspecified atom stereocenters. The Morgan fingerprint density at radius 3 is 2.58 bits per heavy atom. The van der Waals surface area contributed by atoms with Gasteiger partial charge in [0.15, 0.2) is 16.3 Å². The van der Waals surface area contributed by atoms with Gasteiger partial charge in [0.1, 0.15) is 12.6 Å². The third-order valence-electron chi connectivity index (χ3n) is 6.73. The highest BCUT2D eigenvalue weighted by atomic mass is 79.9. The van der Waals surface area contributed by atoms with Gasteiger partial charge in [-0.05, 0) is 49.2 Å². The first-order valence-electron chi connectivity index (χ1n) is 13.2. The van der Waals surface area contributed by atoms with Crippen LogP contribution in [0.15, 0.2) is 86.6 Å². The van der Waals surface area contributed by atoms with Crippen LogP contribution in [-0.2, 0) is 16.1 Å². The quantitative estimate of drug-likeness (QED) is 0.138. The minimum atomic E-state index is -1.15. The molecule has 220 valence electrons. The number of nitro benzene ring substituents is 1. The third kappa shape index (κ3) is 6.15. The highest BCUT2D eigenvalue weighted by molar-refractivity contribution is 9.10. The lowest BCUT2D eigenvalue weighted by Crippen LogP contribution is -2.35. The first-order chi connectivity index (χ1) is 20.7. The Hall–Kier alpha value is -4.55. The Bertz CT molecular complexity index is 1930. The van der Waals surface area contributed by atoms with Gasteiger partial charge in [0, 0.05) is 10.2 Å². The van der Waals surface area contributed by atoms with Crippen molar-refractivity contribution >= 4 is 50.7 Å². The number of benzene rings is 3. The minimum absolute atomic E-state index is 0.0198. The van der Waals surface area contributed by atoms with E-state index in [-0.39, 0.29) is 52.8 Å². The maximum absolute atomic E-state index is 13.5. The molecule has 1 atom stereocenters. The summed E-state index contributed by atoms with van der Waals surface area (Å²) >= 11 is 4.56. The van der Waals surface area contributed by atoms with E-state index in [0.717, 1.165) is 26.9 Å². The Balaban J connectivity index is 1.69. The van der Waals surface area contributed by atoms with Gasteiger partial charge >= 0.3 is 5.97 Å². The molecule has 0 N–H and O–H groups in total. The lowest BCUT2D eigenvalue weighted by atomic mass is 9.94. The summed E-state index contributed by atoms with van der Waals surface area (Å²) in [6.07, 6.45) is 1.73. The molecule has 1 aliphatic rings. The minimum Gasteiger partial charge on any atom is -0.493 e. The van der Waals surface area contributed by atoms with Crippen LogP contribution in [0.1, 0.15) is 36.6 Å².